The summed E-state index contributed by atoms with van der Waals surface area (Å²) in [6.07, 6.45) is 6.05. The second-order valence-electron chi connectivity index (χ2n) is 7.69. The lowest BCUT2D eigenvalue weighted by Gasteiger charge is -2.20. The van der Waals surface area contributed by atoms with Gasteiger partial charge in [0, 0.05) is 5.92 Å². The Morgan fingerprint density at radius 2 is 2.21 bits per heavy atom. The van der Waals surface area contributed by atoms with Crippen molar-refractivity contribution < 1.29 is 19.0 Å². The number of esters is 1. The van der Waals surface area contributed by atoms with E-state index >= 15 is 0 Å². The molecule has 0 aromatic heterocycles. The fourth-order valence-electron chi connectivity index (χ4n) is 3.68. The van der Waals surface area contributed by atoms with Gasteiger partial charge in [0.25, 0.3) is 0 Å². The van der Waals surface area contributed by atoms with Gasteiger partial charge in [0.2, 0.25) is 0 Å². The number of epoxide rings is 1. The van der Waals surface area contributed by atoms with E-state index in [0.29, 0.717) is 12.4 Å². The van der Waals surface area contributed by atoms with Crippen LogP contribution in [-0.2, 0) is 19.0 Å². The molecule has 1 aliphatic carbocycles. The van der Waals surface area contributed by atoms with E-state index in [-0.39, 0.29) is 35.6 Å². The second kappa shape index (κ2) is 6.40. The summed E-state index contributed by atoms with van der Waals surface area (Å²) in [5.41, 5.74) is 2.04. The van der Waals surface area contributed by atoms with Gasteiger partial charge in [-0.15, -0.1) is 0 Å². The summed E-state index contributed by atoms with van der Waals surface area (Å²) in [6.45, 7) is 14.4. The topological polar surface area (TPSA) is 48.1 Å². The van der Waals surface area contributed by atoms with Gasteiger partial charge in [-0.2, -0.15) is 0 Å². The molecular weight excluding hydrogens is 304 g/mol. The molecule has 0 radical (unpaired) electrons. The SMILES string of the molecule is C=C1O[C@H]2[C@@H](CC/C(COC(=O)C(C)C)=C\CC[C@@]3(C)O[C@@H]23)C1=C. The normalized spacial score (nSPS) is 37.8. The molecule has 2 saturated heterocycles. The Bertz CT molecular complexity index is 588. The molecule has 0 amide bonds. The predicted molar refractivity (Wildman–Crippen MR) is 92.3 cm³/mol. The highest BCUT2D eigenvalue weighted by molar-refractivity contribution is 5.71. The van der Waals surface area contributed by atoms with Crippen LogP contribution in [0, 0.1) is 11.8 Å². The Morgan fingerprint density at radius 1 is 1.46 bits per heavy atom. The van der Waals surface area contributed by atoms with Crippen LogP contribution >= 0.6 is 0 Å². The molecule has 3 rings (SSSR count). The smallest absolute Gasteiger partial charge is 0.308 e. The van der Waals surface area contributed by atoms with Gasteiger partial charge >= 0.3 is 5.97 Å². The molecule has 0 bridgehead atoms. The molecule has 2 fully saturated rings. The van der Waals surface area contributed by atoms with E-state index in [0.717, 1.165) is 31.3 Å². The average molecular weight is 332 g/mol. The van der Waals surface area contributed by atoms with Gasteiger partial charge in [0.15, 0.2) is 0 Å². The number of fused-ring (bicyclic) bond motifs is 3. The van der Waals surface area contributed by atoms with E-state index in [1.807, 2.05) is 13.8 Å². The quantitative estimate of drug-likeness (QED) is 0.446. The van der Waals surface area contributed by atoms with Crippen molar-refractivity contribution in [2.45, 2.75) is 64.3 Å². The fourth-order valence-corrected chi connectivity index (χ4v) is 3.68. The zero-order chi connectivity index (χ0) is 17.5. The molecule has 0 unspecified atom stereocenters. The third-order valence-corrected chi connectivity index (χ3v) is 5.44. The van der Waals surface area contributed by atoms with Crippen LogP contribution in [0.5, 0.6) is 0 Å². The molecule has 0 spiro atoms. The van der Waals surface area contributed by atoms with Gasteiger partial charge in [0.05, 0.1) is 11.5 Å². The molecule has 0 aromatic rings. The monoisotopic (exact) mass is 332 g/mol. The Kier molecular flexibility index (Phi) is 4.60. The maximum atomic E-state index is 11.7. The van der Waals surface area contributed by atoms with Gasteiger partial charge in [-0.25, -0.2) is 0 Å². The molecule has 0 saturated carbocycles. The summed E-state index contributed by atoms with van der Waals surface area (Å²) in [5.74, 6) is 0.677. The summed E-state index contributed by atoms with van der Waals surface area (Å²) < 4.78 is 17.4. The van der Waals surface area contributed by atoms with E-state index in [1.165, 1.54) is 5.57 Å². The lowest BCUT2D eigenvalue weighted by molar-refractivity contribution is -0.146. The number of carbonyl (C=O) groups excluding carboxylic acids is 1. The highest BCUT2D eigenvalue weighted by Crippen LogP contribution is 2.51. The first kappa shape index (κ1) is 17.3. The van der Waals surface area contributed by atoms with Crippen LogP contribution in [-0.4, -0.2) is 30.4 Å². The summed E-state index contributed by atoms with van der Waals surface area (Å²) in [6, 6.07) is 0. The molecule has 3 aliphatic rings. The third kappa shape index (κ3) is 3.30. The van der Waals surface area contributed by atoms with Crippen molar-refractivity contribution >= 4 is 5.97 Å². The van der Waals surface area contributed by atoms with Gasteiger partial charge in [-0.1, -0.05) is 33.1 Å². The maximum Gasteiger partial charge on any atom is 0.308 e. The number of hydrogen-bond acceptors (Lipinski definition) is 4. The zero-order valence-corrected chi connectivity index (χ0v) is 15.0. The van der Waals surface area contributed by atoms with E-state index < -0.39 is 0 Å². The Balaban J connectivity index is 1.71. The minimum Gasteiger partial charge on any atom is -0.487 e. The number of carbonyl (C=O) groups is 1. The van der Waals surface area contributed by atoms with Crippen molar-refractivity contribution in [2.75, 3.05) is 6.61 Å². The molecule has 0 N–H and O–H groups in total. The Hall–Kier alpha value is -1.55. The van der Waals surface area contributed by atoms with Gasteiger partial charge in [-0.05, 0) is 43.8 Å². The first-order valence-electron chi connectivity index (χ1n) is 8.89. The molecule has 0 aromatic carbocycles. The van der Waals surface area contributed by atoms with E-state index in [4.69, 9.17) is 14.2 Å². The first-order chi connectivity index (χ1) is 11.3. The van der Waals surface area contributed by atoms with Crippen LogP contribution in [0.1, 0.15) is 46.5 Å². The summed E-state index contributed by atoms with van der Waals surface area (Å²) in [4.78, 5) is 11.7. The minimum atomic E-state index is -0.148. The third-order valence-electron chi connectivity index (χ3n) is 5.44. The average Bonchev–Trinajstić information content (AvgIpc) is 3.12. The summed E-state index contributed by atoms with van der Waals surface area (Å²) in [7, 11) is 0. The van der Waals surface area contributed by atoms with E-state index in [1.54, 1.807) is 0 Å². The first-order valence-corrected chi connectivity index (χ1v) is 8.89. The molecule has 2 aliphatic heterocycles. The van der Waals surface area contributed by atoms with Crippen molar-refractivity contribution in [1.29, 1.82) is 0 Å². The number of rotatable bonds is 3. The van der Waals surface area contributed by atoms with Crippen molar-refractivity contribution in [3.8, 4) is 0 Å². The van der Waals surface area contributed by atoms with E-state index in [2.05, 4.69) is 26.2 Å². The zero-order valence-electron chi connectivity index (χ0n) is 15.0. The molecule has 4 atom stereocenters. The number of allylic oxidation sites excluding steroid dienone is 2. The highest BCUT2D eigenvalue weighted by atomic mass is 16.6. The van der Waals surface area contributed by atoms with Crippen LogP contribution in [0.15, 0.2) is 36.1 Å². The number of ether oxygens (including phenoxy) is 3. The summed E-state index contributed by atoms with van der Waals surface area (Å²) in [5, 5.41) is 0. The molecule has 24 heavy (non-hydrogen) atoms. The molecule has 4 nitrogen and oxygen atoms in total. The van der Waals surface area contributed by atoms with Crippen molar-refractivity contribution in [3.63, 3.8) is 0 Å². The van der Waals surface area contributed by atoms with Gasteiger partial charge < -0.3 is 14.2 Å². The van der Waals surface area contributed by atoms with Gasteiger partial charge in [0.1, 0.15) is 24.6 Å². The molecular formula is C20H28O4. The standard InChI is InChI=1S/C20H28O4/c1-12(2)19(21)22-11-15-7-6-10-20(5)18(24-20)17-16(9-8-15)13(3)14(4)23-17/h7,12,16-18H,3-4,6,8-11H2,1-2,5H3/b15-7+/t16-,17-,18-,20+/m0/s1. The molecule has 132 valence electrons. The van der Waals surface area contributed by atoms with Crippen LogP contribution in [0.3, 0.4) is 0 Å². The van der Waals surface area contributed by atoms with Gasteiger partial charge in [-0.3, -0.25) is 4.79 Å². The molecule has 2 heterocycles. The van der Waals surface area contributed by atoms with Crippen molar-refractivity contribution in [1.82, 2.24) is 0 Å². The van der Waals surface area contributed by atoms with Crippen LogP contribution in [0.2, 0.25) is 0 Å². The highest BCUT2D eigenvalue weighted by Gasteiger charge is 2.60. The maximum absolute atomic E-state index is 11.7. The molecule has 4 heteroatoms. The predicted octanol–water partition coefficient (Wildman–Crippen LogP) is 3.93. The Morgan fingerprint density at radius 3 is 2.92 bits per heavy atom. The van der Waals surface area contributed by atoms with Crippen LogP contribution < -0.4 is 0 Å². The van der Waals surface area contributed by atoms with Crippen LogP contribution in [0.25, 0.3) is 0 Å². The largest absolute Gasteiger partial charge is 0.487 e. The lowest BCUT2D eigenvalue weighted by Crippen LogP contribution is -2.29. The van der Waals surface area contributed by atoms with Crippen molar-refractivity contribution in [2.24, 2.45) is 11.8 Å². The van der Waals surface area contributed by atoms with Crippen molar-refractivity contribution in [3.05, 3.63) is 36.1 Å². The second-order valence-corrected chi connectivity index (χ2v) is 7.69. The fraction of sp³-hybridized carbons (Fsp3) is 0.650. The minimum absolute atomic E-state index is 0.0209. The Labute approximate surface area is 144 Å². The van der Waals surface area contributed by atoms with Crippen LogP contribution in [0.4, 0.5) is 0 Å². The summed E-state index contributed by atoms with van der Waals surface area (Å²) >= 11 is 0. The lowest BCUT2D eigenvalue weighted by atomic mass is 9.83. The van der Waals surface area contributed by atoms with E-state index in [9.17, 15) is 4.79 Å². The number of hydrogen-bond donors (Lipinski definition) is 0.